The molecule has 0 saturated carbocycles. The predicted octanol–water partition coefficient (Wildman–Crippen LogP) is 10.3. The molecule has 4 heteroatoms. The summed E-state index contributed by atoms with van der Waals surface area (Å²) in [7, 11) is -0.787. The predicted molar refractivity (Wildman–Crippen MR) is 174 cm³/mol. The maximum absolute atomic E-state index is 7.48. The molecule has 6 aromatic carbocycles. The van der Waals surface area contributed by atoms with Crippen LogP contribution in [0.3, 0.4) is 0 Å². The number of fused-ring (bicyclic) bond motifs is 6. The van der Waals surface area contributed by atoms with Crippen molar-refractivity contribution in [2.45, 2.75) is 25.7 Å². The first-order valence-electron chi connectivity index (χ1n) is 14.0. The van der Waals surface area contributed by atoms with Gasteiger partial charge in [-0.25, -0.2) is 0 Å². The van der Waals surface area contributed by atoms with Gasteiger partial charge in [0.15, 0.2) is 0 Å². The summed E-state index contributed by atoms with van der Waals surface area (Å²) in [5, 5.41) is 10.4. The van der Waals surface area contributed by atoms with Crippen LogP contribution in [0.4, 0.5) is 11.4 Å². The van der Waals surface area contributed by atoms with Gasteiger partial charge in [-0.15, -0.1) is 0 Å². The fraction of sp³-hybridized carbons (Fsp3) is 0.200. The van der Waals surface area contributed by atoms with Crippen molar-refractivity contribution in [3.8, 4) is 0 Å². The molecule has 1 aliphatic heterocycles. The molecule has 0 bridgehead atoms. The van der Waals surface area contributed by atoms with E-state index in [0.29, 0.717) is 0 Å². The van der Waals surface area contributed by atoms with Crippen molar-refractivity contribution in [3.05, 3.63) is 109 Å². The molecule has 0 aliphatic carbocycles. The zero-order valence-corrected chi connectivity index (χ0v) is 23.9. The smallest absolute Gasteiger partial charge is 0.136 e. The fourth-order valence-electron chi connectivity index (χ4n) is 6.39. The van der Waals surface area contributed by atoms with Crippen LogP contribution in [-0.2, 0) is 0 Å². The minimum Gasteiger partial charge on any atom is -0.344 e. The van der Waals surface area contributed by atoms with Gasteiger partial charge in [-0.1, -0.05) is 122 Å². The van der Waals surface area contributed by atoms with Crippen LogP contribution in [0.25, 0.3) is 43.1 Å². The highest BCUT2D eigenvalue weighted by molar-refractivity contribution is 7.84. The third-order valence-electron chi connectivity index (χ3n) is 8.23. The van der Waals surface area contributed by atoms with Crippen molar-refractivity contribution in [2.75, 3.05) is 29.1 Å². The molecule has 1 saturated heterocycles. The van der Waals surface area contributed by atoms with Gasteiger partial charge in [-0.05, 0) is 57.0 Å². The van der Waals surface area contributed by atoms with Crippen LogP contribution in [0, 0.1) is 0 Å². The Kier molecular flexibility index (Phi) is 6.55. The fourth-order valence-corrected chi connectivity index (χ4v) is 9.31. The van der Waals surface area contributed by atoms with Crippen LogP contribution in [0.5, 0.6) is 0 Å². The minimum absolute atomic E-state index is 0.127. The largest absolute Gasteiger partial charge is 0.344 e. The molecule has 0 N–H and O–H groups in total. The van der Waals surface area contributed by atoms with Crippen molar-refractivity contribution in [1.29, 1.82) is 0 Å². The van der Waals surface area contributed by atoms with Crippen molar-refractivity contribution in [2.24, 2.45) is 0 Å². The summed E-state index contributed by atoms with van der Waals surface area (Å²) in [6, 6.07) is 40.1. The monoisotopic (exact) mass is 546 g/mol. The number of nitrogens with zero attached hydrogens (tertiary/aromatic N) is 2. The Labute approximate surface area is 236 Å². The Bertz CT molecular complexity index is 1690. The molecule has 1 atom stereocenters. The van der Waals surface area contributed by atoms with Gasteiger partial charge in [0.2, 0.25) is 0 Å². The van der Waals surface area contributed by atoms with Crippen LogP contribution in [0.15, 0.2) is 109 Å². The third kappa shape index (κ3) is 4.22. The van der Waals surface area contributed by atoms with Gasteiger partial charge in [0, 0.05) is 42.5 Å². The summed E-state index contributed by atoms with van der Waals surface area (Å²) in [6.45, 7) is 4.16. The van der Waals surface area contributed by atoms with E-state index in [0.717, 1.165) is 32.1 Å². The van der Waals surface area contributed by atoms with E-state index in [4.69, 9.17) is 11.2 Å². The van der Waals surface area contributed by atoms with E-state index < -0.39 is 7.27 Å². The molecule has 2 nitrogen and oxygen atoms in total. The lowest BCUT2D eigenvalue weighted by molar-refractivity contribution is 0.855. The van der Waals surface area contributed by atoms with Gasteiger partial charge in [0.25, 0.3) is 0 Å². The van der Waals surface area contributed by atoms with Crippen LogP contribution in [-0.4, -0.2) is 25.2 Å². The molecule has 1 aliphatic rings. The summed E-state index contributed by atoms with van der Waals surface area (Å²) in [5.74, 6) is 0.127. The highest BCUT2D eigenvalue weighted by Gasteiger charge is 2.38. The Balaban J connectivity index is 1.43. The highest BCUT2D eigenvalue weighted by atomic mass is 35.7. The van der Waals surface area contributed by atoms with Crippen molar-refractivity contribution in [3.63, 3.8) is 0 Å². The van der Waals surface area contributed by atoms with E-state index >= 15 is 0 Å². The maximum Gasteiger partial charge on any atom is 0.136 e. The first-order valence-corrected chi connectivity index (χ1v) is 16.5. The molecule has 6 aromatic rings. The number of benzene rings is 6. The van der Waals surface area contributed by atoms with Crippen molar-refractivity contribution in [1.82, 2.24) is 0 Å². The van der Waals surface area contributed by atoms with Crippen LogP contribution >= 0.6 is 18.5 Å². The summed E-state index contributed by atoms with van der Waals surface area (Å²) in [5.41, 5.74) is 2.60. The lowest BCUT2D eigenvalue weighted by atomic mass is 10.00. The molecule has 7 rings (SSSR count). The second-order valence-electron chi connectivity index (χ2n) is 10.5. The van der Waals surface area contributed by atoms with E-state index in [2.05, 4.69) is 126 Å². The molecule has 0 radical (unpaired) electrons. The number of halogens is 1. The summed E-state index contributed by atoms with van der Waals surface area (Å²) in [6.07, 6.45) is 3.38. The molecule has 39 heavy (non-hydrogen) atoms. The van der Waals surface area contributed by atoms with E-state index in [1.54, 1.807) is 0 Å². The molecular weight excluding hydrogens is 515 g/mol. The molecule has 1 unspecified atom stereocenters. The third-order valence-corrected chi connectivity index (χ3v) is 11.1. The van der Waals surface area contributed by atoms with Crippen LogP contribution in [0.2, 0.25) is 0 Å². The number of hydrogen-bond acceptors (Lipinski definition) is 2. The highest BCUT2D eigenvalue weighted by Crippen LogP contribution is 2.55. The van der Waals surface area contributed by atoms with Gasteiger partial charge in [0.05, 0.1) is 0 Å². The van der Waals surface area contributed by atoms with Crippen LogP contribution < -0.4 is 9.80 Å². The second-order valence-corrected chi connectivity index (χ2v) is 13.5. The number of hydrogen-bond donors (Lipinski definition) is 0. The maximum atomic E-state index is 7.48. The van der Waals surface area contributed by atoms with E-state index in [9.17, 15) is 0 Å². The van der Waals surface area contributed by atoms with Crippen molar-refractivity contribution < 1.29 is 0 Å². The van der Waals surface area contributed by atoms with Crippen molar-refractivity contribution >= 4 is 73.0 Å². The average Bonchev–Trinajstić information content (AvgIpc) is 3.44. The Morgan fingerprint density at radius 3 is 1.59 bits per heavy atom. The SMILES string of the molecule is CCCCP(Cl)C1N(c2cccc3ccc4ccccc4c23)CCN1c1cccc2ccc3ccccc3c12. The molecule has 0 aromatic heterocycles. The Morgan fingerprint density at radius 2 is 1.08 bits per heavy atom. The molecule has 1 heterocycles. The van der Waals surface area contributed by atoms with Crippen LogP contribution in [0.1, 0.15) is 19.8 Å². The van der Waals surface area contributed by atoms with E-state index in [1.165, 1.54) is 54.5 Å². The lowest BCUT2D eigenvalue weighted by Gasteiger charge is -2.37. The second kappa shape index (κ2) is 10.3. The average molecular weight is 547 g/mol. The Morgan fingerprint density at radius 1 is 0.615 bits per heavy atom. The Hall–Kier alpha value is -3.32. The van der Waals surface area contributed by atoms with E-state index in [-0.39, 0.29) is 5.91 Å². The van der Waals surface area contributed by atoms with Gasteiger partial charge in [-0.2, -0.15) is 0 Å². The first kappa shape index (κ1) is 24.7. The van der Waals surface area contributed by atoms with E-state index in [1.807, 2.05) is 0 Å². The molecule has 0 amide bonds. The zero-order valence-electron chi connectivity index (χ0n) is 22.2. The van der Waals surface area contributed by atoms with Gasteiger partial charge >= 0.3 is 0 Å². The molecule has 194 valence electrons. The van der Waals surface area contributed by atoms with Gasteiger partial charge < -0.3 is 9.80 Å². The number of unbranched alkanes of at least 4 members (excludes halogenated alkanes) is 1. The van der Waals surface area contributed by atoms with Gasteiger partial charge in [0.1, 0.15) is 5.91 Å². The summed E-state index contributed by atoms with van der Waals surface area (Å²) >= 11 is 7.48. The zero-order chi connectivity index (χ0) is 26.3. The summed E-state index contributed by atoms with van der Waals surface area (Å²) < 4.78 is 0. The molecule has 1 fully saturated rings. The minimum atomic E-state index is -0.787. The molecule has 0 spiro atoms. The number of rotatable bonds is 6. The standard InChI is InChI=1S/C35H32ClN2P/c1-2-3-24-39(36)35-37(31-16-8-12-27-20-18-25-10-4-6-14-29(25)33(27)31)22-23-38(35)32-17-9-13-28-21-19-26-11-5-7-15-30(26)34(28)32/h4-21,35H,2-3,22-24H2,1H3. The normalized spacial score (nSPS) is 15.2. The topological polar surface area (TPSA) is 6.48 Å². The summed E-state index contributed by atoms with van der Waals surface area (Å²) in [4.78, 5) is 5.24. The molecular formula is C35H32ClN2P. The first-order chi connectivity index (χ1) is 19.2. The lowest BCUT2D eigenvalue weighted by Crippen LogP contribution is -2.37. The quantitative estimate of drug-likeness (QED) is 0.151. The van der Waals surface area contributed by atoms with Gasteiger partial charge in [-0.3, -0.25) is 0 Å². The number of anilines is 2.